The molecule has 0 aliphatic heterocycles. The molecule has 0 heterocycles. The van der Waals surface area contributed by atoms with Crippen LogP contribution in [0, 0.1) is 11.6 Å². The molecule has 0 fully saturated rings. The summed E-state index contributed by atoms with van der Waals surface area (Å²) in [7, 11) is 0. The largest absolute Gasteiger partial charge is 0.310 e. The van der Waals surface area contributed by atoms with Crippen molar-refractivity contribution in [2.75, 3.05) is 4.90 Å². The molecule has 0 aromatic heterocycles. The minimum absolute atomic E-state index is 0.314. The number of rotatable bonds is 6. The van der Waals surface area contributed by atoms with Gasteiger partial charge in [-0.3, -0.25) is 0 Å². The van der Waals surface area contributed by atoms with Crippen LogP contribution in [-0.4, -0.2) is 0 Å². The first kappa shape index (κ1) is 30.5. The minimum atomic E-state index is -0.314. The lowest BCUT2D eigenvalue weighted by atomic mass is 9.81. The highest BCUT2D eigenvalue weighted by atomic mass is 19.1. The predicted octanol–water partition coefficient (Wildman–Crippen LogP) is 13.9. The van der Waals surface area contributed by atoms with Crippen LogP contribution in [0.2, 0.25) is 0 Å². The highest BCUT2D eigenvalue weighted by Gasteiger charge is 2.22. The molecule has 0 N–H and O–H groups in total. The van der Waals surface area contributed by atoms with E-state index in [-0.39, 0.29) is 11.6 Å². The number of benzene rings is 9. The maximum atomic E-state index is 14.2. The standard InChI is InChI=1S/C48H31F2N/c49-35-20-24-37(25-21-35)51(38-26-22-36(50)23-27-38)39-28-29-42-45(30-39)40-18-10-11-19-41(40)47-44(33-14-6-2-7-15-33)31-43(32-12-4-1-5-13-32)46(48(42)47)34-16-8-3-9-17-34/h1-31H. The van der Waals surface area contributed by atoms with Crippen LogP contribution in [-0.2, 0) is 0 Å². The summed E-state index contributed by atoms with van der Waals surface area (Å²) in [5.74, 6) is -0.628. The first-order valence-electron chi connectivity index (χ1n) is 17.1. The van der Waals surface area contributed by atoms with Crippen molar-refractivity contribution in [1.82, 2.24) is 0 Å². The van der Waals surface area contributed by atoms with Gasteiger partial charge in [-0.2, -0.15) is 0 Å². The van der Waals surface area contributed by atoms with E-state index in [1.54, 1.807) is 24.3 Å². The molecule has 9 rings (SSSR count). The molecule has 0 radical (unpaired) electrons. The van der Waals surface area contributed by atoms with E-state index in [0.29, 0.717) is 0 Å². The summed E-state index contributed by atoms with van der Waals surface area (Å²) in [6, 6.07) is 62.3. The molecule has 0 atom stereocenters. The first-order valence-corrected chi connectivity index (χ1v) is 17.1. The minimum Gasteiger partial charge on any atom is -0.310 e. The third-order valence-corrected chi connectivity index (χ3v) is 9.75. The maximum Gasteiger partial charge on any atom is 0.123 e. The van der Waals surface area contributed by atoms with E-state index in [9.17, 15) is 8.78 Å². The zero-order valence-corrected chi connectivity index (χ0v) is 27.6. The zero-order valence-electron chi connectivity index (χ0n) is 27.6. The molecule has 0 saturated heterocycles. The molecule has 0 saturated carbocycles. The number of fused-ring (bicyclic) bond motifs is 6. The lowest BCUT2D eigenvalue weighted by Crippen LogP contribution is -2.10. The Morgan fingerprint density at radius 2 is 0.765 bits per heavy atom. The lowest BCUT2D eigenvalue weighted by molar-refractivity contribution is 0.628. The van der Waals surface area contributed by atoms with Crippen LogP contribution in [0.5, 0.6) is 0 Å². The third-order valence-electron chi connectivity index (χ3n) is 9.75. The Bertz CT molecular complexity index is 2630. The van der Waals surface area contributed by atoms with E-state index in [0.717, 1.165) is 60.9 Å². The van der Waals surface area contributed by atoms with Crippen LogP contribution in [0.1, 0.15) is 0 Å². The van der Waals surface area contributed by atoms with Gasteiger partial charge in [-0.05, 0) is 132 Å². The molecule has 9 aromatic rings. The van der Waals surface area contributed by atoms with Crippen LogP contribution < -0.4 is 4.90 Å². The van der Waals surface area contributed by atoms with Gasteiger partial charge in [0.2, 0.25) is 0 Å². The van der Waals surface area contributed by atoms with E-state index >= 15 is 0 Å². The second kappa shape index (κ2) is 12.7. The second-order valence-corrected chi connectivity index (χ2v) is 12.8. The Hall–Kier alpha value is -6.58. The van der Waals surface area contributed by atoms with Gasteiger partial charge in [0.05, 0.1) is 0 Å². The van der Waals surface area contributed by atoms with Crippen molar-refractivity contribution in [2.45, 2.75) is 0 Å². The molecule has 9 aromatic carbocycles. The van der Waals surface area contributed by atoms with E-state index in [1.807, 2.05) is 4.90 Å². The van der Waals surface area contributed by atoms with Crippen molar-refractivity contribution in [2.24, 2.45) is 0 Å². The average Bonchev–Trinajstić information content (AvgIpc) is 3.20. The Morgan fingerprint density at radius 1 is 0.314 bits per heavy atom. The monoisotopic (exact) mass is 659 g/mol. The number of halogens is 2. The van der Waals surface area contributed by atoms with Crippen molar-refractivity contribution >= 4 is 49.4 Å². The van der Waals surface area contributed by atoms with Gasteiger partial charge in [0.15, 0.2) is 0 Å². The Labute approximate surface area is 295 Å². The van der Waals surface area contributed by atoms with Crippen molar-refractivity contribution in [1.29, 1.82) is 0 Å². The van der Waals surface area contributed by atoms with Gasteiger partial charge in [0, 0.05) is 17.1 Å². The molecule has 1 nitrogen and oxygen atoms in total. The van der Waals surface area contributed by atoms with Crippen molar-refractivity contribution < 1.29 is 8.78 Å². The van der Waals surface area contributed by atoms with Crippen LogP contribution in [0.25, 0.3) is 65.7 Å². The van der Waals surface area contributed by atoms with Crippen LogP contribution in [0.3, 0.4) is 0 Å². The lowest BCUT2D eigenvalue weighted by Gasteiger charge is -2.27. The molecule has 0 amide bonds. The number of hydrogen-bond donors (Lipinski definition) is 0. The topological polar surface area (TPSA) is 3.24 Å². The summed E-state index contributed by atoms with van der Waals surface area (Å²) < 4.78 is 28.3. The van der Waals surface area contributed by atoms with Gasteiger partial charge >= 0.3 is 0 Å². The summed E-state index contributed by atoms with van der Waals surface area (Å²) in [5, 5.41) is 6.87. The van der Waals surface area contributed by atoms with Crippen LogP contribution >= 0.6 is 0 Å². The van der Waals surface area contributed by atoms with Gasteiger partial charge in [-0.25, -0.2) is 8.78 Å². The third kappa shape index (κ3) is 5.40. The smallest absolute Gasteiger partial charge is 0.123 e. The predicted molar refractivity (Wildman–Crippen MR) is 210 cm³/mol. The number of hydrogen-bond acceptors (Lipinski definition) is 1. The van der Waals surface area contributed by atoms with Gasteiger partial charge in [0.25, 0.3) is 0 Å². The highest BCUT2D eigenvalue weighted by Crippen LogP contribution is 2.50. The van der Waals surface area contributed by atoms with Crippen molar-refractivity contribution in [3.63, 3.8) is 0 Å². The van der Waals surface area contributed by atoms with Crippen molar-refractivity contribution in [3.05, 3.63) is 200 Å². The molecule has 3 heteroatoms. The molecule has 0 aliphatic carbocycles. The summed E-state index contributed by atoms with van der Waals surface area (Å²) in [4.78, 5) is 2.05. The summed E-state index contributed by atoms with van der Waals surface area (Å²) >= 11 is 0. The SMILES string of the molecule is Fc1ccc(N(c2ccc(F)cc2)c2ccc3c(c2)c2ccccc2c2c(-c4ccccc4)cc(-c4ccccc4)c(-c4ccccc4)c32)cc1. The Balaban J connectivity index is 1.45. The summed E-state index contributed by atoms with van der Waals surface area (Å²) in [5.41, 5.74) is 9.37. The fourth-order valence-electron chi connectivity index (χ4n) is 7.50. The van der Waals surface area contributed by atoms with Gasteiger partial charge < -0.3 is 4.90 Å². The fourth-order valence-corrected chi connectivity index (χ4v) is 7.50. The Morgan fingerprint density at radius 3 is 1.33 bits per heavy atom. The molecule has 0 unspecified atom stereocenters. The summed E-state index contributed by atoms with van der Waals surface area (Å²) in [6.07, 6.45) is 0. The first-order chi connectivity index (χ1) is 25.1. The molecular weight excluding hydrogens is 629 g/mol. The molecule has 0 spiro atoms. The maximum absolute atomic E-state index is 14.2. The van der Waals surface area contributed by atoms with Crippen LogP contribution in [0.15, 0.2) is 188 Å². The molecule has 51 heavy (non-hydrogen) atoms. The molecule has 0 aliphatic rings. The van der Waals surface area contributed by atoms with Crippen molar-refractivity contribution in [3.8, 4) is 33.4 Å². The average molecular weight is 660 g/mol. The van der Waals surface area contributed by atoms with Gasteiger partial charge in [-0.1, -0.05) is 121 Å². The second-order valence-electron chi connectivity index (χ2n) is 12.8. The van der Waals surface area contributed by atoms with Gasteiger partial charge in [0.1, 0.15) is 11.6 Å². The zero-order chi connectivity index (χ0) is 34.3. The number of anilines is 3. The highest BCUT2D eigenvalue weighted by molar-refractivity contribution is 6.33. The summed E-state index contributed by atoms with van der Waals surface area (Å²) in [6.45, 7) is 0. The molecular formula is C48H31F2N. The Kier molecular flexibility index (Phi) is 7.59. The molecule has 0 bridgehead atoms. The number of nitrogens with zero attached hydrogens (tertiary/aromatic N) is 1. The fraction of sp³-hybridized carbons (Fsp3) is 0. The van der Waals surface area contributed by atoms with Gasteiger partial charge in [-0.15, -0.1) is 0 Å². The molecule has 242 valence electrons. The normalized spacial score (nSPS) is 11.3. The van der Waals surface area contributed by atoms with E-state index in [1.165, 1.54) is 46.2 Å². The van der Waals surface area contributed by atoms with E-state index < -0.39 is 0 Å². The van der Waals surface area contributed by atoms with Crippen LogP contribution in [0.4, 0.5) is 25.8 Å². The van der Waals surface area contributed by atoms with E-state index in [2.05, 4.69) is 140 Å². The quantitative estimate of drug-likeness (QED) is 0.161. The van der Waals surface area contributed by atoms with E-state index in [4.69, 9.17) is 0 Å².